The van der Waals surface area contributed by atoms with Crippen molar-refractivity contribution >= 4 is 34.0 Å². The first kappa shape index (κ1) is 13.4. The van der Waals surface area contributed by atoms with E-state index in [9.17, 15) is 4.79 Å². The van der Waals surface area contributed by atoms with Crippen LogP contribution in [0.3, 0.4) is 0 Å². The highest BCUT2D eigenvalue weighted by molar-refractivity contribution is 7.16. The maximum Gasteiger partial charge on any atom is 0.419 e. The Morgan fingerprint density at radius 2 is 2.20 bits per heavy atom. The smallest absolute Gasteiger partial charge is 0.408 e. The third kappa shape index (κ3) is 2.18. The first-order chi connectivity index (χ1) is 9.60. The minimum Gasteiger partial charge on any atom is -0.408 e. The van der Waals surface area contributed by atoms with Crippen molar-refractivity contribution in [3.8, 4) is 0 Å². The number of hydrogen-bond donors (Lipinski definition) is 1. The second kappa shape index (κ2) is 5.09. The number of benzene rings is 1. The molecule has 0 aliphatic heterocycles. The second-order valence-corrected chi connectivity index (χ2v) is 6.21. The van der Waals surface area contributed by atoms with Crippen LogP contribution in [0, 0.1) is 0 Å². The van der Waals surface area contributed by atoms with Gasteiger partial charge in [0.05, 0.1) is 15.9 Å². The molecule has 0 bridgehead atoms. The van der Waals surface area contributed by atoms with Crippen LogP contribution in [-0.4, -0.2) is 4.57 Å². The second-order valence-electron chi connectivity index (χ2n) is 4.46. The first-order valence-electron chi connectivity index (χ1n) is 6.24. The van der Waals surface area contributed by atoms with Gasteiger partial charge in [0.1, 0.15) is 0 Å². The zero-order valence-electron chi connectivity index (χ0n) is 10.8. The lowest BCUT2D eigenvalue weighted by Gasteiger charge is -2.09. The van der Waals surface area contributed by atoms with Crippen molar-refractivity contribution < 1.29 is 4.42 Å². The maximum absolute atomic E-state index is 11.7. The van der Waals surface area contributed by atoms with E-state index < -0.39 is 0 Å². The fraction of sp³-hybridized carbons (Fsp3) is 0.214. The molecule has 20 heavy (non-hydrogen) atoms. The molecule has 6 heteroatoms. The number of nitrogens with zero attached hydrogens (tertiary/aromatic N) is 1. The van der Waals surface area contributed by atoms with Crippen LogP contribution in [0.25, 0.3) is 11.1 Å². The minimum atomic E-state index is -0.340. The number of fused-ring (bicyclic) bond motifs is 1. The molecule has 0 saturated carbocycles. The van der Waals surface area contributed by atoms with Crippen molar-refractivity contribution in [3.05, 3.63) is 55.7 Å². The SMILES string of the molecule is CCn1c(=O)oc2cc(C(N)c3ccc(Cl)s3)ccc21. The van der Waals surface area contributed by atoms with E-state index in [1.54, 1.807) is 4.57 Å². The van der Waals surface area contributed by atoms with E-state index in [0.29, 0.717) is 16.5 Å². The summed E-state index contributed by atoms with van der Waals surface area (Å²) < 4.78 is 7.55. The molecule has 104 valence electrons. The van der Waals surface area contributed by atoms with Crippen LogP contribution in [0.1, 0.15) is 23.4 Å². The lowest BCUT2D eigenvalue weighted by molar-refractivity contribution is 0.513. The maximum atomic E-state index is 11.7. The van der Waals surface area contributed by atoms with Crippen LogP contribution in [0.5, 0.6) is 0 Å². The number of halogens is 1. The Morgan fingerprint density at radius 3 is 2.85 bits per heavy atom. The molecule has 2 aromatic heterocycles. The summed E-state index contributed by atoms with van der Waals surface area (Å²) >= 11 is 7.38. The average Bonchev–Trinajstić information content (AvgIpc) is 2.99. The largest absolute Gasteiger partial charge is 0.419 e. The number of aromatic nitrogens is 1. The van der Waals surface area contributed by atoms with Crippen molar-refractivity contribution in [2.45, 2.75) is 19.5 Å². The standard InChI is InChI=1S/C14H13ClN2O2S/c1-2-17-9-4-3-8(7-10(9)19-14(17)18)13(16)11-5-6-12(15)20-11/h3-7,13H,2,16H2,1H3. The van der Waals surface area contributed by atoms with E-state index in [1.165, 1.54) is 11.3 Å². The van der Waals surface area contributed by atoms with Crippen molar-refractivity contribution in [2.24, 2.45) is 5.73 Å². The number of hydrogen-bond acceptors (Lipinski definition) is 4. The highest BCUT2D eigenvalue weighted by atomic mass is 35.5. The molecule has 0 fully saturated rings. The third-order valence-electron chi connectivity index (χ3n) is 3.27. The molecule has 1 aromatic carbocycles. The first-order valence-corrected chi connectivity index (χ1v) is 7.43. The molecular weight excluding hydrogens is 296 g/mol. The van der Waals surface area contributed by atoms with Crippen molar-refractivity contribution in [2.75, 3.05) is 0 Å². The Hall–Kier alpha value is -1.56. The molecule has 0 aliphatic carbocycles. The van der Waals surface area contributed by atoms with Gasteiger partial charge in [-0.15, -0.1) is 11.3 Å². The van der Waals surface area contributed by atoms with Crippen LogP contribution < -0.4 is 11.5 Å². The molecule has 2 N–H and O–H groups in total. The summed E-state index contributed by atoms with van der Waals surface area (Å²) in [6.45, 7) is 2.49. The van der Waals surface area contributed by atoms with Crippen LogP contribution in [0.4, 0.5) is 0 Å². The molecule has 1 unspecified atom stereocenters. The normalized spacial score (nSPS) is 12.9. The van der Waals surface area contributed by atoms with Gasteiger partial charge < -0.3 is 10.2 Å². The Kier molecular flexibility index (Phi) is 3.41. The summed E-state index contributed by atoms with van der Waals surface area (Å²) in [5.74, 6) is -0.340. The van der Waals surface area contributed by atoms with Gasteiger partial charge >= 0.3 is 5.76 Å². The third-order valence-corrected chi connectivity index (χ3v) is 4.58. The van der Waals surface area contributed by atoms with Crippen LogP contribution in [-0.2, 0) is 6.54 Å². The van der Waals surface area contributed by atoms with E-state index in [-0.39, 0.29) is 11.8 Å². The van der Waals surface area contributed by atoms with Gasteiger partial charge in [-0.05, 0) is 36.8 Å². The highest BCUT2D eigenvalue weighted by Gasteiger charge is 2.14. The lowest BCUT2D eigenvalue weighted by atomic mass is 10.1. The van der Waals surface area contributed by atoms with Gasteiger partial charge in [-0.1, -0.05) is 17.7 Å². The highest BCUT2D eigenvalue weighted by Crippen LogP contribution is 2.30. The van der Waals surface area contributed by atoms with E-state index in [2.05, 4.69) is 0 Å². The van der Waals surface area contributed by atoms with E-state index in [0.717, 1.165) is 16.0 Å². The molecular formula is C14H13ClN2O2S. The number of aryl methyl sites for hydroxylation is 1. The van der Waals surface area contributed by atoms with Crippen LogP contribution >= 0.6 is 22.9 Å². The van der Waals surface area contributed by atoms with Crippen LogP contribution in [0.15, 0.2) is 39.5 Å². The van der Waals surface area contributed by atoms with Crippen LogP contribution in [0.2, 0.25) is 4.34 Å². The molecule has 0 spiro atoms. The molecule has 3 aromatic rings. The lowest BCUT2D eigenvalue weighted by Crippen LogP contribution is -2.12. The Morgan fingerprint density at radius 1 is 1.40 bits per heavy atom. The monoisotopic (exact) mass is 308 g/mol. The van der Waals surface area contributed by atoms with Crippen molar-refractivity contribution in [3.63, 3.8) is 0 Å². The number of thiophene rings is 1. The van der Waals surface area contributed by atoms with Gasteiger partial charge in [0, 0.05) is 11.4 Å². The van der Waals surface area contributed by atoms with Gasteiger partial charge in [-0.2, -0.15) is 0 Å². The molecule has 0 saturated heterocycles. The predicted octanol–water partition coefficient (Wildman–Crippen LogP) is 3.38. The zero-order chi connectivity index (χ0) is 14.3. The summed E-state index contributed by atoms with van der Waals surface area (Å²) in [6, 6.07) is 9.08. The molecule has 0 radical (unpaired) electrons. The number of oxazole rings is 1. The van der Waals surface area contributed by atoms with Gasteiger partial charge in [0.15, 0.2) is 5.58 Å². The Bertz CT molecular complexity index is 818. The van der Waals surface area contributed by atoms with E-state index >= 15 is 0 Å². The summed E-state index contributed by atoms with van der Waals surface area (Å²) in [5.41, 5.74) is 8.47. The van der Waals surface area contributed by atoms with Gasteiger partial charge in [-0.25, -0.2) is 4.79 Å². The van der Waals surface area contributed by atoms with Gasteiger partial charge in [-0.3, -0.25) is 4.57 Å². The number of nitrogens with two attached hydrogens (primary N) is 1. The van der Waals surface area contributed by atoms with Gasteiger partial charge in [0.25, 0.3) is 0 Å². The molecule has 2 heterocycles. The Balaban J connectivity index is 2.07. The molecule has 0 amide bonds. The van der Waals surface area contributed by atoms with Crippen molar-refractivity contribution in [1.82, 2.24) is 4.57 Å². The van der Waals surface area contributed by atoms with Gasteiger partial charge in [0.2, 0.25) is 0 Å². The molecule has 4 nitrogen and oxygen atoms in total. The molecule has 3 rings (SSSR count). The fourth-order valence-electron chi connectivity index (χ4n) is 2.24. The van der Waals surface area contributed by atoms with E-state index in [4.69, 9.17) is 21.8 Å². The summed E-state index contributed by atoms with van der Waals surface area (Å²) in [5, 5.41) is 0. The summed E-state index contributed by atoms with van der Waals surface area (Å²) in [4.78, 5) is 12.7. The average molecular weight is 309 g/mol. The summed E-state index contributed by atoms with van der Waals surface area (Å²) in [6.07, 6.45) is 0. The zero-order valence-corrected chi connectivity index (χ0v) is 12.4. The molecule has 0 aliphatic rings. The summed E-state index contributed by atoms with van der Waals surface area (Å²) in [7, 11) is 0. The topological polar surface area (TPSA) is 61.2 Å². The van der Waals surface area contributed by atoms with E-state index in [1.807, 2.05) is 37.3 Å². The van der Waals surface area contributed by atoms with Crippen molar-refractivity contribution in [1.29, 1.82) is 0 Å². The quantitative estimate of drug-likeness (QED) is 0.807. The Labute approximate surface area is 124 Å². The predicted molar refractivity (Wildman–Crippen MR) is 81.5 cm³/mol. The fourth-order valence-corrected chi connectivity index (χ4v) is 3.33. The number of rotatable bonds is 3. The molecule has 1 atom stereocenters. The minimum absolute atomic E-state index is 0.271.